The van der Waals surface area contributed by atoms with Gasteiger partial charge in [-0.25, -0.2) is 9.97 Å². The third-order valence-electron chi connectivity index (χ3n) is 3.65. The van der Waals surface area contributed by atoms with Crippen molar-refractivity contribution in [2.24, 2.45) is 0 Å². The molecule has 4 aromatic rings. The van der Waals surface area contributed by atoms with Crippen LogP contribution in [0.3, 0.4) is 0 Å². The van der Waals surface area contributed by atoms with Crippen molar-refractivity contribution in [3.05, 3.63) is 83.1 Å². The monoisotopic (exact) mass is 382 g/mol. The number of ether oxygens (including phenoxy) is 2. The highest BCUT2D eigenvalue weighted by atomic mass is 35.5. The number of pyridine rings is 2. The summed E-state index contributed by atoms with van der Waals surface area (Å²) in [7, 11) is 0. The van der Waals surface area contributed by atoms with Crippen LogP contribution in [0.2, 0.25) is 10.3 Å². The van der Waals surface area contributed by atoms with E-state index in [2.05, 4.69) is 9.97 Å². The number of aromatic nitrogens is 2. The maximum Gasteiger partial charge on any atom is 0.220 e. The number of halogens is 2. The number of fused-ring (bicyclic) bond motifs is 1. The van der Waals surface area contributed by atoms with E-state index in [-0.39, 0.29) is 0 Å². The fourth-order valence-corrected chi connectivity index (χ4v) is 2.86. The van der Waals surface area contributed by atoms with Gasteiger partial charge in [0.05, 0.1) is 0 Å². The van der Waals surface area contributed by atoms with Crippen molar-refractivity contribution < 1.29 is 9.47 Å². The molecule has 6 heteroatoms. The highest BCUT2D eigenvalue weighted by molar-refractivity contribution is 6.29. The average Bonchev–Trinajstić information content (AvgIpc) is 2.63. The lowest BCUT2D eigenvalue weighted by Crippen LogP contribution is -1.92. The zero-order valence-corrected chi connectivity index (χ0v) is 14.9. The predicted molar refractivity (Wildman–Crippen MR) is 103 cm³/mol. The fourth-order valence-electron chi connectivity index (χ4n) is 2.55. The highest BCUT2D eigenvalue weighted by Crippen LogP contribution is 2.36. The predicted octanol–water partition coefficient (Wildman–Crippen LogP) is 6.52. The normalized spacial score (nSPS) is 10.7. The summed E-state index contributed by atoms with van der Waals surface area (Å²) < 4.78 is 11.8. The second-order valence-corrected chi connectivity index (χ2v) is 6.18. The molecule has 2 aromatic heterocycles. The van der Waals surface area contributed by atoms with Crippen molar-refractivity contribution in [1.29, 1.82) is 0 Å². The zero-order valence-electron chi connectivity index (χ0n) is 13.4. The van der Waals surface area contributed by atoms with Gasteiger partial charge in [0.1, 0.15) is 21.8 Å². The lowest BCUT2D eigenvalue weighted by molar-refractivity contribution is 0.463. The average molecular weight is 383 g/mol. The first-order valence-corrected chi connectivity index (χ1v) is 8.57. The van der Waals surface area contributed by atoms with Crippen LogP contribution >= 0.6 is 23.2 Å². The Labute approximate surface area is 160 Å². The van der Waals surface area contributed by atoms with E-state index in [4.69, 9.17) is 32.7 Å². The second kappa shape index (κ2) is 7.20. The molecule has 128 valence electrons. The number of benzene rings is 2. The first kappa shape index (κ1) is 16.6. The minimum atomic E-state index is 0.374. The Morgan fingerprint density at radius 3 is 1.38 bits per heavy atom. The van der Waals surface area contributed by atoms with Crippen molar-refractivity contribution >= 4 is 34.0 Å². The molecule has 26 heavy (non-hydrogen) atoms. The van der Waals surface area contributed by atoms with E-state index in [1.807, 2.05) is 36.4 Å². The van der Waals surface area contributed by atoms with Crippen LogP contribution in [0.25, 0.3) is 10.8 Å². The van der Waals surface area contributed by atoms with E-state index in [9.17, 15) is 0 Å². The molecule has 0 radical (unpaired) electrons. The lowest BCUT2D eigenvalue weighted by Gasteiger charge is -2.12. The molecule has 0 N–H and O–H groups in total. The van der Waals surface area contributed by atoms with Crippen LogP contribution in [0.5, 0.6) is 23.3 Å². The summed E-state index contributed by atoms with van der Waals surface area (Å²) in [4.78, 5) is 8.32. The smallest absolute Gasteiger partial charge is 0.220 e. The summed E-state index contributed by atoms with van der Waals surface area (Å²) in [6, 6.07) is 21.9. The van der Waals surface area contributed by atoms with Gasteiger partial charge in [-0.05, 0) is 24.3 Å². The lowest BCUT2D eigenvalue weighted by atomic mass is 10.1. The molecule has 0 fully saturated rings. The highest BCUT2D eigenvalue weighted by Gasteiger charge is 2.10. The first-order valence-electron chi connectivity index (χ1n) is 7.81. The minimum Gasteiger partial charge on any atom is -0.438 e. The van der Waals surface area contributed by atoms with Gasteiger partial charge in [-0.15, -0.1) is 0 Å². The summed E-state index contributed by atoms with van der Waals surface area (Å²) in [6.07, 6.45) is 0. The van der Waals surface area contributed by atoms with Crippen LogP contribution in [0.15, 0.2) is 72.8 Å². The molecule has 0 unspecified atom stereocenters. The molecule has 0 aliphatic rings. The largest absolute Gasteiger partial charge is 0.438 e. The summed E-state index contributed by atoms with van der Waals surface area (Å²) in [6.45, 7) is 0. The molecule has 0 saturated carbocycles. The quantitative estimate of drug-likeness (QED) is 0.376. The van der Waals surface area contributed by atoms with Gasteiger partial charge in [-0.1, -0.05) is 59.6 Å². The van der Waals surface area contributed by atoms with Gasteiger partial charge < -0.3 is 9.47 Å². The molecule has 0 amide bonds. The molecule has 2 heterocycles. The maximum atomic E-state index is 5.93. The van der Waals surface area contributed by atoms with E-state index in [0.717, 1.165) is 10.8 Å². The Kier molecular flexibility index (Phi) is 4.61. The van der Waals surface area contributed by atoms with E-state index in [0.29, 0.717) is 33.6 Å². The zero-order chi connectivity index (χ0) is 17.9. The van der Waals surface area contributed by atoms with Crippen LogP contribution < -0.4 is 9.47 Å². The van der Waals surface area contributed by atoms with Crippen molar-refractivity contribution in [3.8, 4) is 23.3 Å². The molecule has 0 spiro atoms. The number of hydrogen-bond donors (Lipinski definition) is 0. The molecule has 4 rings (SSSR count). The number of hydrogen-bond acceptors (Lipinski definition) is 4. The molecule has 0 aliphatic carbocycles. The minimum absolute atomic E-state index is 0.374. The molecule has 0 atom stereocenters. The van der Waals surface area contributed by atoms with E-state index in [1.165, 1.54) is 0 Å². The standard InChI is InChI=1S/C20H12Cl2N2O2/c21-17-9-3-11-19(23-17)25-15-7-1-5-13-14(15)6-2-8-16(13)26-20-12-4-10-18(22)24-20/h1-12H. The third-order valence-corrected chi connectivity index (χ3v) is 4.07. The summed E-state index contributed by atoms with van der Waals surface area (Å²) >= 11 is 11.9. The Morgan fingerprint density at radius 1 is 0.538 bits per heavy atom. The molecule has 0 bridgehead atoms. The summed E-state index contributed by atoms with van der Waals surface area (Å²) in [5.74, 6) is 2.16. The van der Waals surface area contributed by atoms with E-state index < -0.39 is 0 Å². The molecular formula is C20H12Cl2N2O2. The van der Waals surface area contributed by atoms with Crippen molar-refractivity contribution in [1.82, 2.24) is 9.97 Å². The number of nitrogens with zero attached hydrogens (tertiary/aromatic N) is 2. The second-order valence-electron chi connectivity index (χ2n) is 5.41. The first-order chi connectivity index (χ1) is 12.7. The van der Waals surface area contributed by atoms with Gasteiger partial charge in [0.15, 0.2) is 0 Å². The van der Waals surface area contributed by atoms with Crippen LogP contribution in [0, 0.1) is 0 Å². The van der Waals surface area contributed by atoms with Gasteiger partial charge in [-0.2, -0.15) is 0 Å². The topological polar surface area (TPSA) is 44.2 Å². The van der Waals surface area contributed by atoms with Crippen molar-refractivity contribution in [3.63, 3.8) is 0 Å². The Hall–Kier alpha value is -2.82. The summed E-state index contributed by atoms with van der Waals surface area (Å²) in [5, 5.41) is 2.51. The Balaban J connectivity index is 1.73. The maximum absolute atomic E-state index is 5.93. The molecule has 4 nitrogen and oxygen atoms in total. The molecule has 0 aliphatic heterocycles. The van der Waals surface area contributed by atoms with Gasteiger partial charge in [0.25, 0.3) is 0 Å². The van der Waals surface area contributed by atoms with Crippen molar-refractivity contribution in [2.45, 2.75) is 0 Å². The van der Waals surface area contributed by atoms with Crippen LogP contribution in [0.1, 0.15) is 0 Å². The molecule has 0 saturated heterocycles. The van der Waals surface area contributed by atoms with Crippen molar-refractivity contribution in [2.75, 3.05) is 0 Å². The van der Waals surface area contributed by atoms with Crippen LogP contribution in [-0.4, -0.2) is 9.97 Å². The summed E-state index contributed by atoms with van der Waals surface area (Å²) in [5.41, 5.74) is 0. The van der Waals surface area contributed by atoms with E-state index >= 15 is 0 Å². The third kappa shape index (κ3) is 3.57. The molecular weight excluding hydrogens is 371 g/mol. The van der Waals surface area contributed by atoms with E-state index in [1.54, 1.807) is 36.4 Å². The fraction of sp³-hybridized carbons (Fsp3) is 0. The van der Waals surface area contributed by atoms with Gasteiger partial charge in [0, 0.05) is 22.9 Å². The SMILES string of the molecule is Clc1cccc(Oc2cccc3c(Oc4cccc(Cl)n4)cccc23)n1. The Bertz CT molecular complexity index is 999. The van der Waals surface area contributed by atoms with Crippen LogP contribution in [0.4, 0.5) is 0 Å². The molecule has 2 aromatic carbocycles. The number of rotatable bonds is 4. The van der Waals surface area contributed by atoms with Crippen LogP contribution in [-0.2, 0) is 0 Å². The Morgan fingerprint density at radius 2 is 0.962 bits per heavy atom. The van der Waals surface area contributed by atoms with Gasteiger partial charge >= 0.3 is 0 Å². The van der Waals surface area contributed by atoms with Gasteiger partial charge in [0.2, 0.25) is 11.8 Å². The van der Waals surface area contributed by atoms with Gasteiger partial charge in [-0.3, -0.25) is 0 Å².